The van der Waals surface area contributed by atoms with E-state index in [-0.39, 0.29) is 11.5 Å². The van der Waals surface area contributed by atoms with E-state index in [1.165, 1.54) is 33.5 Å². The smallest absolute Gasteiger partial charge is 0.265 e. The van der Waals surface area contributed by atoms with Crippen LogP contribution in [0.4, 0.5) is 0 Å². The lowest BCUT2D eigenvalue weighted by Crippen LogP contribution is -2.02. The van der Waals surface area contributed by atoms with Crippen LogP contribution in [-0.2, 0) is 0 Å². The molecule has 15 heavy (non-hydrogen) atoms. The Bertz CT molecular complexity index is 413. The average molecular weight is 212 g/mol. The van der Waals surface area contributed by atoms with Crippen molar-refractivity contribution in [1.82, 2.24) is 0 Å². The van der Waals surface area contributed by atoms with E-state index >= 15 is 0 Å². The van der Waals surface area contributed by atoms with Gasteiger partial charge in [-0.2, -0.15) is 0 Å². The van der Waals surface area contributed by atoms with Crippen molar-refractivity contribution in [2.24, 2.45) is 0 Å². The van der Waals surface area contributed by atoms with Crippen LogP contribution < -0.4 is 19.6 Å². The highest BCUT2D eigenvalue weighted by Crippen LogP contribution is 2.27. The second-order valence-corrected chi connectivity index (χ2v) is 2.71. The molecular weight excluding hydrogens is 200 g/mol. The number of hydrogen-bond donors (Lipinski definition) is 1. The maximum Gasteiger partial charge on any atom is 0.265 e. The van der Waals surface area contributed by atoms with Gasteiger partial charge in [0.1, 0.15) is 5.75 Å². The lowest BCUT2D eigenvalue weighted by molar-refractivity contribution is 0.365. The summed E-state index contributed by atoms with van der Waals surface area (Å²) in [6.45, 7) is 0. The molecule has 0 radical (unpaired) electrons. The first-order valence-corrected chi connectivity index (χ1v) is 4.17. The molecule has 5 heteroatoms. The molecule has 0 heterocycles. The molecule has 0 saturated heterocycles. The summed E-state index contributed by atoms with van der Waals surface area (Å²) in [7, 11) is 4.12. The average Bonchev–Trinajstić information content (AvgIpc) is 2.38. The zero-order chi connectivity index (χ0) is 11.4. The molecule has 1 aromatic rings. The largest absolute Gasteiger partial charge is 0.501 e. The highest BCUT2D eigenvalue weighted by molar-refractivity contribution is 5.47. The summed E-state index contributed by atoms with van der Waals surface area (Å²) in [5, 5.41) is 9.52. The van der Waals surface area contributed by atoms with Crippen molar-refractivity contribution < 1.29 is 19.3 Å². The van der Waals surface area contributed by atoms with Gasteiger partial charge in [0.05, 0.1) is 21.3 Å². The van der Waals surface area contributed by atoms with E-state index in [2.05, 4.69) is 0 Å². The monoisotopic (exact) mass is 212 g/mol. The van der Waals surface area contributed by atoms with Crippen LogP contribution in [-0.4, -0.2) is 26.4 Å². The van der Waals surface area contributed by atoms with Crippen molar-refractivity contribution in [1.29, 1.82) is 0 Å². The molecule has 0 unspecified atom stereocenters. The number of aromatic hydroxyl groups is 1. The fourth-order valence-corrected chi connectivity index (χ4v) is 1.09. The van der Waals surface area contributed by atoms with Gasteiger partial charge < -0.3 is 19.3 Å². The topological polar surface area (TPSA) is 65.0 Å². The van der Waals surface area contributed by atoms with Crippen LogP contribution >= 0.6 is 0 Å². The Labute approximate surface area is 86.8 Å². The van der Waals surface area contributed by atoms with E-state index in [0.29, 0.717) is 5.75 Å². The Balaban J connectivity index is 3.58. The SMILES string of the molecule is COc1cc(OC)c(O)c(=O)c(OC)c1. The molecule has 1 rings (SSSR count). The summed E-state index contributed by atoms with van der Waals surface area (Å²) in [6, 6.07) is 2.78. The van der Waals surface area contributed by atoms with Crippen molar-refractivity contribution in [3.63, 3.8) is 0 Å². The van der Waals surface area contributed by atoms with Crippen molar-refractivity contribution in [3.8, 4) is 23.0 Å². The lowest BCUT2D eigenvalue weighted by Gasteiger charge is -1.98. The van der Waals surface area contributed by atoms with Crippen LogP contribution in [0.15, 0.2) is 16.9 Å². The quantitative estimate of drug-likeness (QED) is 0.802. The predicted octanol–water partition coefficient (Wildman–Crippen LogP) is 0.778. The number of methoxy groups -OCH3 is 3. The van der Waals surface area contributed by atoms with Crippen molar-refractivity contribution in [2.75, 3.05) is 21.3 Å². The molecule has 0 aliphatic heterocycles. The van der Waals surface area contributed by atoms with Crippen molar-refractivity contribution in [3.05, 3.63) is 22.4 Å². The first-order valence-electron chi connectivity index (χ1n) is 4.17. The van der Waals surface area contributed by atoms with E-state index in [9.17, 15) is 9.90 Å². The van der Waals surface area contributed by atoms with Crippen LogP contribution in [0.5, 0.6) is 23.0 Å². The van der Waals surface area contributed by atoms with Crippen LogP contribution in [0.1, 0.15) is 0 Å². The minimum absolute atomic E-state index is 0.00681. The Morgan fingerprint density at radius 3 is 2.00 bits per heavy atom. The summed E-state index contributed by atoms with van der Waals surface area (Å²) >= 11 is 0. The highest BCUT2D eigenvalue weighted by Gasteiger charge is 2.11. The first-order chi connectivity index (χ1) is 7.13. The molecule has 0 fully saturated rings. The van der Waals surface area contributed by atoms with E-state index in [1.807, 2.05) is 0 Å². The molecule has 0 aliphatic rings. The van der Waals surface area contributed by atoms with Gasteiger partial charge in [-0.25, -0.2) is 0 Å². The normalized spacial score (nSPS) is 9.53. The maximum absolute atomic E-state index is 11.5. The molecule has 0 atom stereocenters. The summed E-state index contributed by atoms with van der Waals surface area (Å²) < 4.78 is 14.6. The summed E-state index contributed by atoms with van der Waals surface area (Å²) in [5.41, 5.74) is -0.641. The fraction of sp³-hybridized carbons (Fsp3) is 0.300. The van der Waals surface area contributed by atoms with Crippen molar-refractivity contribution >= 4 is 0 Å². The number of ether oxygens (including phenoxy) is 3. The van der Waals surface area contributed by atoms with Gasteiger partial charge in [-0.1, -0.05) is 0 Å². The summed E-state index contributed by atoms with van der Waals surface area (Å²) in [6.07, 6.45) is 0. The zero-order valence-corrected chi connectivity index (χ0v) is 8.73. The Morgan fingerprint density at radius 2 is 1.53 bits per heavy atom. The zero-order valence-electron chi connectivity index (χ0n) is 8.73. The van der Waals surface area contributed by atoms with Gasteiger partial charge >= 0.3 is 0 Å². The van der Waals surface area contributed by atoms with Gasteiger partial charge in [0.15, 0.2) is 11.5 Å². The lowest BCUT2D eigenvalue weighted by atomic mass is 10.4. The van der Waals surface area contributed by atoms with Crippen LogP contribution in [0.2, 0.25) is 0 Å². The van der Waals surface area contributed by atoms with Crippen LogP contribution in [0.25, 0.3) is 0 Å². The third-order valence-corrected chi connectivity index (χ3v) is 1.89. The molecule has 5 nitrogen and oxygen atoms in total. The van der Waals surface area contributed by atoms with Gasteiger partial charge in [-0.15, -0.1) is 0 Å². The molecule has 0 saturated carbocycles. The Kier molecular flexibility index (Phi) is 3.38. The molecule has 0 bridgehead atoms. The minimum Gasteiger partial charge on any atom is -0.501 e. The summed E-state index contributed by atoms with van der Waals surface area (Å²) in [4.78, 5) is 11.5. The number of hydrogen-bond acceptors (Lipinski definition) is 5. The molecule has 0 aliphatic carbocycles. The molecule has 0 amide bonds. The van der Waals surface area contributed by atoms with Crippen LogP contribution in [0, 0.1) is 0 Å². The molecule has 0 aromatic heterocycles. The van der Waals surface area contributed by atoms with E-state index < -0.39 is 11.2 Å². The second kappa shape index (κ2) is 4.54. The molecule has 1 N–H and O–H groups in total. The molecular formula is C10H12O5. The van der Waals surface area contributed by atoms with E-state index in [0.717, 1.165) is 0 Å². The Morgan fingerprint density at radius 1 is 1.00 bits per heavy atom. The molecule has 0 spiro atoms. The third kappa shape index (κ3) is 2.12. The van der Waals surface area contributed by atoms with E-state index in [4.69, 9.17) is 14.2 Å². The van der Waals surface area contributed by atoms with E-state index in [1.54, 1.807) is 0 Å². The Hall–Kier alpha value is -1.91. The van der Waals surface area contributed by atoms with Gasteiger partial charge in [0.2, 0.25) is 5.75 Å². The second-order valence-electron chi connectivity index (χ2n) is 2.71. The predicted molar refractivity (Wildman–Crippen MR) is 54.0 cm³/mol. The van der Waals surface area contributed by atoms with Gasteiger partial charge in [-0.3, -0.25) is 4.79 Å². The van der Waals surface area contributed by atoms with Gasteiger partial charge in [0, 0.05) is 12.1 Å². The van der Waals surface area contributed by atoms with Crippen LogP contribution in [0.3, 0.4) is 0 Å². The minimum atomic E-state index is -0.641. The molecule has 1 aromatic carbocycles. The summed E-state index contributed by atoms with van der Waals surface area (Å²) in [5.74, 6) is -0.105. The standard InChI is InChI=1S/C10H12O5/c1-13-6-4-7(14-2)9(11)10(12)8(5-6)15-3/h4-5H,1-3H3,(H,11,12). The van der Waals surface area contributed by atoms with Crippen molar-refractivity contribution in [2.45, 2.75) is 0 Å². The first kappa shape index (κ1) is 11.2. The molecule has 82 valence electrons. The van der Waals surface area contributed by atoms with Gasteiger partial charge in [0.25, 0.3) is 5.43 Å². The fourth-order valence-electron chi connectivity index (χ4n) is 1.09. The third-order valence-electron chi connectivity index (χ3n) is 1.89. The maximum atomic E-state index is 11.5. The van der Waals surface area contributed by atoms with Gasteiger partial charge in [-0.05, 0) is 0 Å². The highest BCUT2D eigenvalue weighted by atomic mass is 16.5. The number of rotatable bonds is 3.